The second-order valence-corrected chi connectivity index (χ2v) is 3.61. The van der Waals surface area contributed by atoms with Crippen molar-refractivity contribution in [3.8, 4) is 5.75 Å². The van der Waals surface area contributed by atoms with E-state index in [1.54, 1.807) is 14.2 Å². The maximum Gasteiger partial charge on any atom is 0.188 e. The zero-order valence-corrected chi connectivity index (χ0v) is 9.81. The summed E-state index contributed by atoms with van der Waals surface area (Å²) < 4.78 is 15.1. The largest absolute Gasteiger partial charge is 0.468 e. The average molecular weight is 225 g/mol. The summed E-state index contributed by atoms with van der Waals surface area (Å²) in [6.45, 7) is 0.838. The summed E-state index contributed by atoms with van der Waals surface area (Å²) in [6.07, 6.45) is 0.804. The Balaban J connectivity index is 2.44. The van der Waals surface area contributed by atoms with Gasteiger partial charge in [0.2, 0.25) is 0 Å². The van der Waals surface area contributed by atoms with Crippen molar-refractivity contribution in [1.29, 1.82) is 0 Å². The lowest BCUT2D eigenvalue weighted by molar-refractivity contribution is 0.0511. The molecule has 1 aromatic rings. The predicted molar refractivity (Wildman–Crippen MR) is 62.5 cm³/mol. The molecule has 16 heavy (non-hydrogen) atoms. The Hall–Kier alpha value is -1.10. The van der Waals surface area contributed by atoms with Crippen LogP contribution in [0.5, 0.6) is 5.75 Å². The zero-order chi connectivity index (χ0) is 11.8. The fourth-order valence-electron chi connectivity index (χ4n) is 1.42. The SMILES string of the molecule is COCOc1ccc(C[C@H](N)COC)cc1. The van der Waals surface area contributed by atoms with E-state index >= 15 is 0 Å². The highest BCUT2D eigenvalue weighted by Crippen LogP contribution is 2.13. The summed E-state index contributed by atoms with van der Waals surface area (Å²) in [4.78, 5) is 0. The lowest BCUT2D eigenvalue weighted by Gasteiger charge is -2.11. The fraction of sp³-hybridized carbons (Fsp3) is 0.500. The normalized spacial score (nSPS) is 12.4. The van der Waals surface area contributed by atoms with E-state index in [1.807, 2.05) is 24.3 Å². The van der Waals surface area contributed by atoms with Crippen molar-refractivity contribution in [3.63, 3.8) is 0 Å². The van der Waals surface area contributed by atoms with E-state index in [0.717, 1.165) is 12.2 Å². The summed E-state index contributed by atoms with van der Waals surface area (Å²) in [7, 11) is 3.25. The van der Waals surface area contributed by atoms with Gasteiger partial charge in [0.05, 0.1) is 6.61 Å². The first-order chi connectivity index (χ1) is 7.76. The lowest BCUT2D eigenvalue weighted by atomic mass is 10.1. The molecular formula is C12H19NO3. The van der Waals surface area contributed by atoms with Crippen LogP contribution in [0.15, 0.2) is 24.3 Å². The van der Waals surface area contributed by atoms with Gasteiger partial charge in [-0.1, -0.05) is 12.1 Å². The Morgan fingerprint density at radius 3 is 2.38 bits per heavy atom. The van der Waals surface area contributed by atoms with Gasteiger partial charge in [-0.15, -0.1) is 0 Å². The number of hydrogen-bond acceptors (Lipinski definition) is 4. The van der Waals surface area contributed by atoms with Crippen molar-refractivity contribution < 1.29 is 14.2 Å². The van der Waals surface area contributed by atoms with Crippen molar-refractivity contribution in [1.82, 2.24) is 0 Å². The van der Waals surface area contributed by atoms with Gasteiger partial charge in [0.25, 0.3) is 0 Å². The van der Waals surface area contributed by atoms with Gasteiger partial charge in [-0.2, -0.15) is 0 Å². The summed E-state index contributed by atoms with van der Waals surface area (Å²) >= 11 is 0. The molecule has 0 heterocycles. The molecular weight excluding hydrogens is 206 g/mol. The Labute approximate surface area is 96.3 Å². The van der Waals surface area contributed by atoms with E-state index in [-0.39, 0.29) is 12.8 Å². The first-order valence-electron chi connectivity index (χ1n) is 5.21. The van der Waals surface area contributed by atoms with Crippen LogP contribution in [-0.2, 0) is 15.9 Å². The molecule has 0 fully saturated rings. The molecule has 0 saturated heterocycles. The quantitative estimate of drug-likeness (QED) is 0.708. The summed E-state index contributed by atoms with van der Waals surface area (Å²) in [5.74, 6) is 0.797. The van der Waals surface area contributed by atoms with Crippen LogP contribution in [0.3, 0.4) is 0 Å². The van der Waals surface area contributed by atoms with Gasteiger partial charge in [0.1, 0.15) is 5.75 Å². The highest BCUT2D eigenvalue weighted by Gasteiger charge is 2.03. The molecule has 1 aromatic carbocycles. The van der Waals surface area contributed by atoms with Crippen LogP contribution in [0.4, 0.5) is 0 Å². The molecule has 0 radical (unpaired) electrons. The Morgan fingerprint density at radius 2 is 1.81 bits per heavy atom. The molecule has 0 aliphatic heterocycles. The van der Waals surface area contributed by atoms with Crippen LogP contribution in [0.2, 0.25) is 0 Å². The smallest absolute Gasteiger partial charge is 0.188 e. The first-order valence-corrected chi connectivity index (χ1v) is 5.21. The van der Waals surface area contributed by atoms with E-state index in [4.69, 9.17) is 19.9 Å². The minimum Gasteiger partial charge on any atom is -0.468 e. The highest BCUT2D eigenvalue weighted by atomic mass is 16.7. The molecule has 1 rings (SSSR count). The number of methoxy groups -OCH3 is 2. The average Bonchev–Trinajstić information content (AvgIpc) is 2.28. The number of rotatable bonds is 7. The van der Waals surface area contributed by atoms with Gasteiger partial charge in [0, 0.05) is 20.3 Å². The number of nitrogens with two attached hydrogens (primary N) is 1. The summed E-state index contributed by atoms with van der Waals surface area (Å²) in [5, 5.41) is 0. The monoisotopic (exact) mass is 225 g/mol. The maximum atomic E-state index is 5.86. The first kappa shape index (κ1) is 13.0. The second kappa shape index (κ2) is 7.22. The summed E-state index contributed by atoms with van der Waals surface area (Å²) in [6, 6.07) is 7.86. The van der Waals surface area contributed by atoms with Crippen molar-refractivity contribution in [2.45, 2.75) is 12.5 Å². The molecule has 0 spiro atoms. The van der Waals surface area contributed by atoms with Crippen LogP contribution >= 0.6 is 0 Å². The van der Waals surface area contributed by atoms with Gasteiger partial charge in [-0.3, -0.25) is 0 Å². The maximum absolute atomic E-state index is 5.86. The van der Waals surface area contributed by atoms with Crippen molar-refractivity contribution in [2.24, 2.45) is 5.73 Å². The Bertz CT molecular complexity index is 287. The van der Waals surface area contributed by atoms with Gasteiger partial charge in [-0.25, -0.2) is 0 Å². The molecule has 90 valence electrons. The van der Waals surface area contributed by atoms with E-state index in [0.29, 0.717) is 6.61 Å². The van der Waals surface area contributed by atoms with Gasteiger partial charge < -0.3 is 19.9 Å². The molecule has 0 saturated carbocycles. The molecule has 0 unspecified atom stereocenters. The Kier molecular flexibility index (Phi) is 5.85. The number of benzene rings is 1. The number of hydrogen-bond donors (Lipinski definition) is 1. The Morgan fingerprint density at radius 1 is 1.12 bits per heavy atom. The van der Waals surface area contributed by atoms with Gasteiger partial charge in [-0.05, 0) is 24.1 Å². The highest BCUT2D eigenvalue weighted by molar-refractivity contribution is 5.27. The van der Waals surface area contributed by atoms with E-state index in [9.17, 15) is 0 Å². The third-order valence-electron chi connectivity index (χ3n) is 2.15. The molecule has 4 heteroatoms. The molecule has 1 atom stereocenters. The van der Waals surface area contributed by atoms with Crippen molar-refractivity contribution >= 4 is 0 Å². The topological polar surface area (TPSA) is 53.7 Å². The minimum absolute atomic E-state index is 0.0377. The lowest BCUT2D eigenvalue weighted by Crippen LogP contribution is -2.27. The van der Waals surface area contributed by atoms with Gasteiger partial charge >= 0.3 is 0 Å². The van der Waals surface area contributed by atoms with Crippen LogP contribution < -0.4 is 10.5 Å². The molecule has 2 N–H and O–H groups in total. The number of ether oxygens (including phenoxy) is 3. The molecule has 0 aliphatic carbocycles. The van der Waals surface area contributed by atoms with Crippen LogP contribution in [0.1, 0.15) is 5.56 Å². The molecule has 4 nitrogen and oxygen atoms in total. The van der Waals surface area contributed by atoms with Crippen molar-refractivity contribution in [3.05, 3.63) is 29.8 Å². The minimum atomic E-state index is 0.0377. The predicted octanol–water partition coefficient (Wildman–Crippen LogP) is 1.19. The van der Waals surface area contributed by atoms with E-state index < -0.39 is 0 Å². The third-order valence-corrected chi connectivity index (χ3v) is 2.15. The standard InChI is InChI=1S/C12H19NO3/c1-14-8-11(13)7-10-3-5-12(6-4-10)16-9-15-2/h3-6,11H,7-9,13H2,1-2H3/t11-/m0/s1. The molecule has 0 aliphatic rings. The molecule has 0 amide bonds. The summed E-state index contributed by atoms with van der Waals surface area (Å²) in [5.41, 5.74) is 7.03. The van der Waals surface area contributed by atoms with Crippen LogP contribution in [0.25, 0.3) is 0 Å². The third kappa shape index (κ3) is 4.61. The zero-order valence-electron chi connectivity index (χ0n) is 9.81. The van der Waals surface area contributed by atoms with E-state index in [1.165, 1.54) is 5.56 Å². The molecule has 0 aromatic heterocycles. The second-order valence-electron chi connectivity index (χ2n) is 3.61. The van der Waals surface area contributed by atoms with Crippen LogP contribution in [0, 0.1) is 0 Å². The molecule has 0 bridgehead atoms. The van der Waals surface area contributed by atoms with E-state index in [2.05, 4.69) is 0 Å². The van der Waals surface area contributed by atoms with Crippen molar-refractivity contribution in [2.75, 3.05) is 27.6 Å². The van der Waals surface area contributed by atoms with Crippen LogP contribution in [-0.4, -0.2) is 33.7 Å². The fourth-order valence-corrected chi connectivity index (χ4v) is 1.42. The van der Waals surface area contributed by atoms with Gasteiger partial charge in [0.15, 0.2) is 6.79 Å².